The second kappa shape index (κ2) is 6.08. The van der Waals surface area contributed by atoms with Crippen LogP contribution >= 0.6 is 23.2 Å². The Morgan fingerprint density at radius 2 is 1.90 bits per heavy atom. The van der Waals surface area contributed by atoms with Crippen LogP contribution in [0, 0.1) is 0 Å². The standard InChI is InChI=1S/C14H15Cl2N3O.CH4/c1-7-6-10(15)8(2)18(4)13(7)12-11(16)14(9(3)20)19(5)17-12;/h6H,2H2,1,3-5H3;1H4. The van der Waals surface area contributed by atoms with Crippen molar-refractivity contribution in [1.29, 1.82) is 0 Å². The van der Waals surface area contributed by atoms with Crippen molar-refractivity contribution in [3.05, 3.63) is 45.4 Å². The van der Waals surface area contributed by atoms with E-state index in [1.807, 2.05) is 24.9 Å². The Morgan fingerprint density at radius 3 is 2.38 bits per heavy atom. The van der Waals surface area contributed by atoms with E-state index < -0.39 is 0 Å². The van der Waals surface area contributed by atoms with E-state index in [2.05, 4.69) is 11.7 Å². The highest BCUT2D eigenvalue weighted by Gasteiger charge is 2.27. The zero-order chi connectivity index (χ0) is 15.2. The van der Waals surface area contributed by atoms with E-state index in [0.717, 1.165) is 11.3 Å². The average molecular weight is 328 g/mol. The molecule has 1 aromatic heterocycles. The molecule has 0 amide bonds. The number of aryl methyl sites for hydroxylation is 1. The number of nitrogens with zero attached hydrogens (tertiary/aromatic N) is 3. The summed E-state index contributed by atoms with van der Waals surface area (Å²) in [4.78, 5) is 13.5. The summed E-state index contributed by atoms with van der Waals surface area (Å²) in [6.07, 6.45) is 1.82. The fourth-order valence-electron chi connectivity index (χ4n) is 2.28. The van der Waals surface area contributed by atoms with Gasteiger partial charge < -0.3 is 4.90 Å². The molecule has 0 spiro atoms. The van der Waals surface area contributed by atoms with E-state index in [1.165, 1.54) is 11.6 Å². The van der Waals surface area contributed by atoms with Gasteiger partial charge in [0.1, 0.15) is 11.4 Å². The molecule has 2 rings (SSSR count). The molecule has 21 heavy (non-hydrogen) atoms. The Hall–Kier alpha value is -1.52. The van der Waals surface area contributed by atoms with Gasteiger partial charge in [0, 0.05) is 21.0 Å². The number of aromatic nitrogens is 2. The topological polar surface area (TPSA) is 38.1 Å². The molecule has 1 aliphatic rings. The molecule has 0 aromatic carbocycles. The van der Waals surface area contributed by atoms with Gasteiger partial charge in [0.25, 0.3) is 0 Å². The predicted octanol–water partition coefficient (Wildman–Crippen LogP) is 4.23. The van der Waals surface area contributed by atoms with Gasteiger partial charge >= 0.3 is 0 Å². The van der Waals surface area contributed by atoms with Crippen LogP contribution in [0.25, 0.3) is 5.70 Å². The van der Waals surface area contributed by atoms with Gasteiger partial charge in [0.05, 0.1) is 21.4 Å². The minimum absolute atomic E-state index is 0. The van der Waals surface area contributed by atoms with Crippen molar-refractivity contribution in [3.8, 4) is 0 Å². The normalized spacial score (nSPS) is 15.0. The minimum Gasteiger partial charge on any atom is -0.342 e. The van der Waals surface area contributed by atoms with Crippen LogP contribution in [0.4, 0.5) is 0 Å². The smallest absolute Gasteiger partial charge is 0.179 e. The van der Waals surface area contributed by atoms with Crippen LogP contribution in [-0.2, 0) is 7.05 Å². The van der Waals surface area contributed by atoms with Gasteiger partial charge in [0.15, 0.2) is 5.78 Å². The summed E-state index contributed by atoms with van der Waals surface area (Å²) in [5, 5.41) is 5.29. The van der Waals surface area contributed by atoms with Crippen molar-refractivity contribution in [3.63, 3.8) is 0 Å². The summed E-state index contributed by atoms with van der Waals surface area (Å²) in [5.74, 6) is -0.125. The number of allylic oxidation sites excluding steroid dienone is 3. The van der Waals surface area contributed by atoms with Crippen molar-refractivity contribution in [2.75, 3.05) is 7.05 Å². The van der Waals surface area contributed by atoms with E-state index in [-0.39, 0.29) is 13.2 Å². The lowest BCUT2D eigenvalue weighted by Crippen LogP contribution is -2.20. The number of hydrogen-bond donors (Lipinski definition) is 0. The van der Waals surface area contributed by atoms with Crippen LogP contribution in [0.5, 0.6) is 0 Å². The first-order chi connectivity index (χ1) is 9.25. The molecule has 0 N–H and O–H groups in total. The number of carbonyl (C=O) groups excluding carboxylic acids is 1. The lowest BCUT2D eigenvalue weighted by molar-refractivity contribution is 0.100. The first-order valence-electron chi connectivity index (χ1n) is 6.00. The Kier molecular flexibility index (Phi) is 5.07. The van der Waals surface area contributed by atoms with Crippen molar-refractivity contribution in [1.82, 2.24) is 14.7 Å². The highest BCUT2D eigenvalue weighted by molar-refractivity contribution is 6.35. The molecule has 0 saturated carbocycles. The van der Waals surface area contributed by atoms with Gasteiger partial charge in [-0.3, -0.25) is 9.48 Å². The zero-order valence-corrected chi connectivity index (χ0v) is 13.3. The van der Waals surface area contributed by atoms with Gasteiger partial charge in [-0.05, 0) is 18.6 Å². The highest BCUT2D eigenvalue weighted by atomic mass is 35.5. The summed E-state index contributed by atoms with van der Waals surface area (Å²) < 4.78 is 1.50. The number of Topliss-reactive ketones (excluding diaryl/α,β-unsaturated/α-hetero) is 1. The first kappa shape index (κ1) is 17.5. The van der Waals surface area contributed by atoms with Crippen LogP contribution in [-0.4, -0.2) is 27.5 Å². The van der Waals surface area contributed by atoms with Gasteiger partial charge in [-0.25, -0.2) is 0 Å². The van der Waals surface area contributed by atoms with Crippen LogP contribution in [0.1, 0.15) is 37.5 Å². The number of rotatable bonds is 2. The molecule has 114 valence electrons. The Balaban J connectivity index is 0.00000220. The van der Waals surface area contributed by atoms with Crippen LogP contribution in [0.3, 0.4) is 0 Å². The second-order valence-electron chi connectivity index (χ2n) is 4.72. The molecule has 0 saturated heterocycles. The van der Waals surface area contributed by atoms with E-state index in [4.69, 9.17) is 23.2 Å². The molecule has 0 radical (unpaired) electrons. The highest BCUT2D eigenvalue weighted by Crippen LogP contribution is 2.37. The van der Waals surface area contributed by atoms with E-state index in [0.29, 0.717) is 27.1 Å². The Morgan fingerprint density at radius 1 is 1.33 bits per heavy atom. The summed E-state index contributed by atoms with van der Waals surface area (Å²) in [6.45, 7) is 7.31. The Bertz CT molecular complexity index is 683. The quantitative estimate of drug-likeness (QED) is 0.763. The van der Waals surface area contributed by atoms with Crippen LogP contribution in [0.2, 0.25) is 5.02 Å². The molecule has 1 aromatic rings. The average Bonchev–Trinajstić information content (AvgIpc) is 2.62. The van der Waals surface area contributed by atoms with Crippen molar-refractivity contribution in [2.24, 2.45) is 7.05 Å². The molecule has 0 unspecified atom stereocenters. The third-order valence-electron chi connectivity index (χ3n) is 3.28. The van der Waals surface area contributed by atoms with Crippen molar-refractivity contribution in [2.45, 2.75) is 21.3 Å². The number of likely N-dealkylation sites (N-methyl/N-ethyl adjacent to an activating group) is 1. The number of ketones is 1. The van der Waals surface area contributed by atoms with Gasteiger partial charge in [-0.15, -0.1) is 0 Å². The van der Waals surface area contributed by atoms with E-state index in [1.54, 1.807) is 7.05 Å². The molecule has 0 fully saturated rings. The number of halogens is 2. The van der Waals surface area contributed by atoms with E-state index in [9.17, 15) is 4.79 Å². The number of hydrogen-bond acceptors (Lipinski definition) is 3. The zero-order valence-electron chi connectivity index (χ0n) is 11.8. The predicted molar refractivity (Wildman–Crippen MR) is 88.4 cm³/mol. The van der Waals surface area contributed by atoms with Crippen LogP contribution < -0.4 is 0 Å². The van der Waals surface area contributed by atoms with Crippen LogP contribution in [0.15, 0.2) is 29.0 Å². The fraction of sp³-hybridized carbons (Fsp3) is 0.333. The first-order valence-corrected chi connectivity index (χ1v) is 6.76. The third-order valence-corrected chi connectivity index (χ3v) is 3.97. The van der Waals surface area contributed by atoms with E-state index >= 15 is 0 Å². The molecule has 0 atom stereocenters. The third kappa shape index (κ3) is 2.78. The lowest BCUT2D eigenvalue weighted by atomic mass is 10.1. The maximum Gasteiger partial charge on any atom is 0.179 e. The minimum atomic E-state index is -0.125. The molecule has 0 aliphatic carbocycles. The lowest BCUT2D eigenvalue weighted by Gasteiger charge is -2.28. The van der Waals surface area contributed by atoms with Crippen molar-refractivity contribution < 1.29 is 4.79 Å². The fourth-order valence-corrected chi connectivity index (χ4v) is 2.95. The van der Waals surface area contributed by atoms with Crippen molar-refractivity contribution >= 4 is 34.7 Å². The molecule has 4 nitrogen and oxygen atoms in total. The summed E-state index contributed by atoms with van der Waals surface area (Å²) in [5.41, 5.74) is 3.33. The van der Waals surface area contributed by atoms with Gasteiger partial charge in [-0.2, -0.15) is 5.10 Å². The molecule has 6 heteroatoms. The summed E-state index contributed by atoms with van der Waals surface area (Å²) in [7, 11) is 3.54. The van der Waals surface area contributed by atoms with Gasteiger partial charge in [0.2, 0.25) is 0 Å². The number of carbonyl (C=O) groups is 1. The monoisotopic (exact) mass is 327 g/mol. The maximum atomic E-state index is 11.6. The molecule has 1 aliphatic heterocycles. The molecular formula is C15H19Cl2N3O. The molecule has 2 heterocycles. The maximum absolute atomic E-state index is 11.6. The summed E-state index contributed by atoms with van der Waals surface area (Å²) >= 11 is 12.4. The SMILES string of the molecule is C.C=C1C(Cl)=CC(C)=C(c2nn(C)c(C(C)=O)c2Cl)N1C. The molecular weight excluding hydrogens is 309 g/mol. The summed E-state index contributed by atoms with van der Waals surface area (Å²) in [6, 6.07) is 0. The largest absolute Gasteiger partial charge is 0.342 e. The second-order valence-corrected chi connectivity index (χ2v) is 5.51. The Labute approximate surface area is 135 Å². The van der Waals surface area contributed by atoms with Gasteiger partial charge in [-0.1, -0.05) is 37.2 Å². The molecule has 0 bridgehead atoms.